The third-order valence-corrected chi connectivity index (χ3v) is 2.77. The summed E-state index contributed by atoms with van der Waals surface area (Å²) in [6.45, 7) is 1.35. The number of hydrogen-bond donors (Lipinski definition) is 3. The summed E-state index contributed by atoms with van der Waals surface area (Å²) in [7, 11) is 0. The molecule has 6 nitrogen and oxygen atoms in total. The number of carbonyl (C=O) groups is 3. The maximum atomic E-state index is 11.7. The van der Waals surface area contributed by atoms with E-state index in [2.05, 4.69) is 10.6 Å². The highest BCUT2D eigenvalue weighted by Gasteiger charge is 2.17. The lowest BCUT2D eigenvalue weighted by molar-refractivity contribution is -0.141. The van der Waals surface area contributed by atoms with E-state index >= 15 is 0 Å². The Bertz CT molecular complexity index is 519. The molecule has 1 rings (SSSR count). The quantitative estimate of drug-likeness (QED) is 0.731. The normalized spacial score (nSPS) is 11.5. The van der Waals surface area contributed by atoms with Gasteiger partial charge in [-0.1, -0.05) is 24.6 Å². The maximum Gasteiger partial charge on any atom is 0.326 e. The van der Waals surface area contributed by atoms with Crippen LogP contribution in [0.1, 0.15) is 23.7 Å². The summed E-state index contributed by atoms with van der Waals surface area (Å²) in [5.41, 5.74) is 0.329. The van der Waals surface area contributed by atoms with Crippen molar-refractivity contribution in [3.63, 3.8) is 0 Å². The van der Waals surface area contributed by atoms with Gasteiger partial charge in [-0.05, 0) is 24.6 Å². The van der Waals surface area contributed by atoms with Gasteiger partial charge < -0.3 is 15.7 Å². The first kappa shape index (κ1) is 16.0. The van der Waals surface area contributed by atoms with E-state index in [1.165, 1.54) is 6.07 Å². The van der Waals surface area contributed by atoms with Crippen molar-refractivity contribution in [2.45, 2.75) is 19.4 Å². The van der Waals surface area contributed by atoms with E-state index < -0.39 is 23.8 Å². The molecule has 1 atom stereocenters. The van der Waals surface area contributed by atoms with Crippen molar-refractivity contribution in [2.24, 2.45) is 0 Å². The third-order valence-electron chi connectivity index (χ3n) is 2.54. The number of amides is 2. The van der Waals surface area contributed by atoms with Crippen LogP contribution in [0.2, 0.25) is 5.02 Å². The van der Waals surface area contributed by atoms with Gasteiger partial charge in [0, 0.05) is 10.6 Å². The van der Waals surface area contributed by atoms with E-state index in [-0.39, 0.29) is 13.0 Å². The Morgan fingerprint density at radius 3 is 2.60 bits per heavy atom. The van der Waals surface area contributed by atoms with E-state index in [4.69, 9.17) is 16.7 Å². The smallest absolute Gasteiger partial charge is 0.326 e. The lowest BCUT2D eigenvalue weighted by Crippen LogP contribution is -2.45. The van der Waals surface area contributed by atoms with Gasteiger partial charge in [0.2, 0.25) is 5.91 Å². The second kappa shape index (κ2) is 7.49. The van der Waals surface area contributed by atoms with Crippen molar-refractivity contribution in [1.29, 1.82) is 0 Å². The second-order valence-corrected chi connectivity index (χ2v) is 4.50. The Morgan fingerprint density at radius 1 is 1.35 bits per heavy atom. The summed E-state index contributed by atoms with van der Waals surface area (Å²) in [6, 6.07) is 5.33. The second-order valence-electron chi connectivity index (χ2n) is 4.06. The van der Waals surface area contributed by atoms with Crippen LogP contribution in [-0.4, -0.2) is 35.5 Å². The molecule has 0 bridgehead atoms. The molecule has 0 radical (unpaired) electrons. The number of nitrogens with one attached hydrogen (secondary N) is 2. The summed E-state index contributed by atoms with van der Waals surface area (Å²) >= 11 is 5.75. The molecule has 0 aliphatic carbocycles. The minimum Gasteiger partial charge on any atom is -0.480 e. The van der Waals surface area contributed by atoms with Crippen molar-refractivity contribution in [3.8, 4) is 0 Å². The van der Waals surface area contributed by atoms with E-state index in [9.17, 15) is 14.4 Å². The molecule has 0 spiro atoms. The minimum absolute atomic E-state index is 0.267. The maximum absolute atomic E-state index is 11.7. The van der Waals surface area contributed by atoms with Crippen molar-refractivity contribution in [1.82, 2.24) is 10.6 Å². The van der Waals surface area contributed by atoms with Crippen LogP contribution in [0.3, 0.4) is 0 Å². The average molecular weight is 299 g/mol. The molecule has 0 aliphatic rings. The first-order valence-corrected chi connectivity index (χ1v) is 6.37. The Hall–Kier alpha value is -2.08. The van der Waals surface area contributed by atoms with Crippen molar-refractivity contribution < 1.29 is 19.5 Å². The van der Waals surface area contributed by atoms with Crippen LogP contribution in [0.4, 0.5) is 0 Å². The molecule has 2 amide bonds. The van der Waals surface area contributed by atoms with Gasteiger partial charge in [-0.25, -0.2) is 4.79 Å². The molecule has 3 N–H and O–H groups in total. The fourth-order valence-electron chi connectivity index (χ4n) is 1.48. The summed E-state index contributed by atoms with van der Waals surface area (Å²) in [6.07, 6.45) is 0.267. The molecule has 1 aromatic rings. The predicted octanol–water partition coefficient (Wildman–Crippen LogP) is 1.05. The van der Waals surface area contributed by atoms with E-state index in [1.807, 2.05) is 0 Å². The molecule has 0 saturated carbocycles. The summed E-state index contributed by atoms with van der Waals surface area (Å²) in [5, 5.41) is 13.9. The monoisotopic (exact) mass is 298 g/mol. The van der Waals surface area contributed by atoms with Crippen LogP contribution in [0, 0.1) is 0 Å². The summed E-state index contributed by atoms with van der Waals surface area (Å²) < 4.78 is 0. The lowest BCUT2D eigenvalue weighted by Gasteiger charge is -2.12. The number of carboxylic acid groups (broad SMARTS) is 1. The number of hydrogen-bond acceptors (Lipinski definition) is 3. The molecule has 0 fully saturated rings. The molecule has 7 heteroatoms. The summed E-state index contributed by atoms with van der Waals surface area (Å²) in [5.74, 6) is -2.12. The SMILES string of the molecule is CC[C@@H](NC(=O)CNC(=O)c1cccc(Cl)c1)C(=O)O. The van der Waals surface area contributed by atoms with Crippen LogP contribution in [0.5, 0.6) is 0 Å². The highest BCUT2D eigenvalue weighted by atomic mass is 35.5. The number of carboxylic acids is 1. The lowest BCUT2D eigenvalue weighted by atomic mass is 10.2. The first-order valence-electron chi connectivity index (χ1n) is 6.00. The molecular weight excluding hydrogens is 284 g/mol. The Balaban J connectivity index is 2.49. The largest absolute Gasteiger partial charge is 0.480 e. The van der Waals surface area contributed by atoms with Crippen LogP contribution >= 0.6 is 11.6 Å². The molecule has 0 aromatic heterocycles. The highest BCUT2D eigenvalue weighted by Crippen LogP contribution is 2.10. The van der Waals surface area contributed by atoms with E-state index in [1.54, 1.807) is 25.1 Å². The molecule has 0 aliphatic heterocycles. The van der Waals surface area contributed by atoms with Crippen molar-refractivity contribution in [2.75, 3.05) is 6.54 Å². The topological polar surface area (TPSA) is 95.5 Å². The molecular formula is C13H15ClN2O4. The Kier molecular flexibility index (Phi) is 5.99. The highest BCUT2D eigenvalue weighted by molar-refractivity contribution is 6.30. The first-order chi connectivity index (χ1) is 9.43. The van der Waals surface area contributed by atoms with Gasteiger partial charge in [0.05, 0.1) is 6.54 Å². The molecule has 0 saturated heterocycles. The molecule has 0 unspecified atom stereocenters. The molecule has 1 aromatic carbocycles. The van der Waals surface area contributed by atoms with Gasteiger partial charge >= 0.3 is 5.97 Å². The molecule has 20 heavy (non-hydrogen) atoms. The fourth-order valence-corrected chi connectivity index (χ4v) is 1.67. The third kappa shape index (κ3) is 4.89. The number of benzene rings is 1. The van der Waals surface area contributed by atoms with Gasteiger partial charge in [-0.2, -0.15) is 0 Å². The number of aliphatic carboxylic acids is 1. The van der Waals surface area contributed by atoms with Crippen molar-refractivity contribution >= 4 is 29.4 Å². The Morgan fingerprint density at radius 2 is 2.05 bits per heavy atom. The summed E-state index contributed by atoms with van der Waals surface area (Å²) in [4.78, 5) is 34.0. The molecule has 0 heterocycles. The van der Waals surface area contributed by atoms with Gasteiger partial charge in [0.1, 0.15) is 6.04 Å². The molecule has 108 valence electrons. The zero-order chi connectivity index (χ0) is 15.1. The fraction of sp³-hybridized carbons (Fsp3) is 0.308. The van der Waals surface area contributed by atoms with E-state index in [0.29, 0.717) is 10.6 Å². The predicted molar refractivity (Wildman–Crippen MR) is 73.6 cm³/mol. The zero-order valence-electron chi connectivity index (χ0n) is 10.9. The number of rotatable bonds is 6. The number of carbonyl (C=O) groups excluding carboxylic acids is 2. The Labute approximate surface area is 121 Å². The standard InChI is InChI=1S/C13H15ClN2O4/c1-2-10(13(19)20)16-11(17)7-15-12(18)8-4-3-5-9(14)6-8/h3-6,10H,2,7H2,1H3,(H,15,18)(H,16,17)(H,19,20)/t10-/m1/s1. The van der Waals surface area contributed by atoms with Crippen LogP contribution in [0.15, 0.2) is 24.3 Å². The average Bonchev–Trinajstić information content (AvgIpc) is 2.41. The van der Waals surface area contributed by atoms with Gasteiger partial charge in [0.25, 0.3) is 5.91 Å². The van der Waals surface area contributed by atoms with Crippen molar-refractivity contribution in [3.05, 3.63) is 34.9 Å². The van der Waals surface area contributed by atoms with Gasteiger partial charge in [-0.15, -0.1) is 0 Å². The van der Waals surface area contributed by atoms with E-state index in [0.717, 1.165) is 0 Å². The van der Waals surface area contributed by atoms with Crippen LogP contribution in [-0.2, 0) is 9.59 Å². The van der Waals surface area contributed by atoms with Crippen LogP contribution in [0.25, 0.3) is 0 Å². The zero-order valence-corrected chi connectivity index (χ0v) is 11.6. The minimum atomic E-state index is -1.11. The van der Waals surface area contributed by atoms with Gasteiger partial charge in [0.15, 0.2) is 0 Å². The van der Waals surface area contributed by atoms with Crippen LogP contribution < -0.4 is 10.6 Å². The number of halogens is 1. The van der Waals surface area contributed by atoms with Gasteiger partial charge in [-0.3, -0.25) is 9.59 Å².